The molecular weight excluding hydrogens is 190 g/mol. The minimum Gasteiger partial charge on any atom is -0.316 e. The zero-order valence-corrected chi connectivity index (χ0v) is 8.60. The summed E-state index contributed by atoms with van der Waals surface area (Å²) < 4.78 is 0. The van der Waals surface area contributed by atoms with Gasteiger partial charge < -0.3 is 5.32 Å². The van der Waals surface area contributed by atoms with Crippen LogP contribution in [0, 0.1) is 16.2 Å². The van der Waals surface area contributed by atoms with Gasteiger partial charge in [0.2, 0.25) is 0 Å². The number of hydrogen-bond acceptors (Lipinski definition) is 4. The van der Waals surface area contributed by atoms with E-state index in [-0.39, 0.29) is 6.04 Å². The highest BCUT2D eigenvalue weighted by Crippen LogP contribution is 2.15. The summed E-state index contributed by atoms with van der Waals surface area (Å²) in [6.45, 7) is 0. The number of nitrogens with zero attached hydrogens (tertiary/aromatic N) is 2. The first-order valence-corrected chi connectivity index (χ1v) is 4.76. The quantitative estimate of drug-likeness (QED) is 0.745. The molecule has 0 bridgehead atoms. The molecule has 1 aromatic rings. The van der Waals surface area contributed by atoms with Crippen LogP contribution in [0.15, 0.2) is 29.4 Å². The minimum absolute atomic E-state index is 0.122. The van der Waals surface area contributed by atoms with Crippen LogP contribution < -0.4 is 5.32 Å². The van der Waals surface area contributed by atoms with Gasteiger partial charge in [-0.05, 0) is 36.3 Å². The summed E-state index contributed by atoms with van der Waals surface area (Å²) >= 11 is 0. The van der Waals surface area contributed by atoms with Crippen molar-refractivity contribution in [3.8, 4) is 6.07 Å². The monoisotopic (exact) mass is 203 g/mol. The smallest absolute Gasteiger partial charge is 0.108 e. The first-order chi connectivity index (χ1) is 7.30. The average Bonchev–Trinajstić information content (AvgIpc) is 2.29. The molecule has 4 nitrogen and oxygen atoms in total. The van der Waals surface area contributed by atoms with Gasteiger partial charge in [0.25, 0.3) is 0 Å². The topological polar surface area (TPSA) is 65.2 Å². The fraction of sp³-hybridized carbons (Fsp3) is 0.364. The minimum atomic E-state index is 0.122. The van der Waals surface area contributed by atoms with Crippen LogP contribution in [0.3, 0.4) is 0 Å². The van der Waals surface area contributed by atoms with Gasteiger partial charge in [-0.3, -0.25) is 0 Å². The lowest BCUT2D eigenvalue weighted by Crippen LogP contribution is -2.26. The maximum absolute atomic E-state index is 10.3. The molecule has 0 spiro atoms. The number of nitrogens with one attached hydrogen (secondary N) is 1. The van der Waals surface area contributed by atoms with E-state index in [1.54, 1.807) is 18.2 Å². The second-order valence-electron chi connectivity index (χ2n) is 3.31. The summed E-state index contributed by atoms with van der Waals surface area (Å²) in [4.78, 5) is 10.3. The fourth-order valence-corrected chi connectivity index (χ4v) is 1.41. The van der Waals surface area contributed by atoms with Crippen molar-refractivity contribution in [1.29, 1.82) is 5.26 Å². The molecule has 0 aliphatic heterocycles. The van der Waals surface area contributed by atoms with Crippen molar-refractivity contribution in [2.24, 2.45) is 5.18 Å². The van der Waals surface area contributed by atoms with Gasteiger partial charge in [-0.1, -0.05) is 12.1 Å². The van der Waals surface area contributed by atoms with E-state index >= 15 is 0 Å². The van der Waals surface area contributed by atoms with Gasteiger partial charge in [-0.15, -0.1) is 4.91 Å². The van der Waals surface area contributed by atoms with Crippen LogP contribution in [-0.2, 0) is 6.42 Å². The van der Waals surface area contributed by atoms with E-state index in [0.29, 0.717) is 12.1 Å². The van der Waals surface area contributed by atoms with Gasteiger partial charge in [-0.2, -0.15) is 5.26 Å². The van der Waals surface area contributed by atoms with E-state index in [0.717, 1.165) is 12.0 Å². The Hall–Kier alpha value is -1.73. The Morgan fingerprint density at radius 2 is 2.40 bits per heavy atom. The zero-order chi connectivity index (χ0) is 11.1. The molecule has 0 saturated heterocycles. The van der Waals surface area contributed by atoms with Gasteiger partial charge in [0, 0.05) is 6.04 Å². The molecule has 1 N–H and O–H groups in total. The number of benzene rings is 1. The lowest BCUT2D eigenvalue weighted by atomic mass is 10.0. The number of rotatable bonds is 5. The van der Waals surface area contributed by atoms with E-state index in [1.807, 2.05) is 13.1 Å². The molecule has 0 aromatic heterocycles. The summed E-state index contributed by atoms with van der Waals surface area (Å²) in [5.74, 6) is 0. The van der Waals surface area contributed by atoms with Gasteiger partial charge in [0.1, 0.15) is 5.69 Å². The van der Waals surface area contributed by atoms with Crippen LogP contribution in [0.4, 0.5) is 5.69 Å². The molecule has 0 amide bonds. The highest BCUT2D eigenvalue weighted by molar-refractivity contribution is 5.40. The number of likely N-dealkylation sites (N-methyl/N-ethyl adjacent to an activating group) is 1. The van der Waals surface area contributed by atoms with Crippen molar-refractivity contribution < 1.29 is 0 Å². The van der Waals surface area contributed by atoms with Crippen molar-refractivity contribution in [2.45, 2.75) is 18.9 Å². The molecule has 0 heterocycles. The third-order valence-corrected chi connectivity index (χ3v) is 2.24. The Bertz CT molecular complexity index is 370. The van der Waals surface area contributed by atoms with E-state index in [2.05, 4.69) is 16.6 Å². The standard InChI is InChI=1S/C11H13N3O/c1-13-10(5-6-12)7-9-3-2-4-11(8-9)14-15/h2-4,8,10,13H,5,7H2,1H3/t10-/m1/s1. The van der Waals surface area contributed by atoms with Crippen LogP contribution in [0.5, 0.6) is 0 Å². The van der Waals surface area contributed by atoms with Gasteiger partial charge >= 0.3 is 0 Å². The van der Waals surface area contributed by atoms with Crippen molar-refractivity contribution in [3.05, 3.63) is 34.7 Å². The second-order valence-corrected chi connectivity index (χ2v) is 3.31. The lowest BCUT2D eigenvalue weighted by Gasteiger charge is -2.12. The van der Waals surface area contributed by atoms with Crippen molar-refractivity contribution >= 4 is 5.69 Å². The SMILES string of the molecule is CN[C@H](CC#N)Cc1cccc(N=O)c1. The molecule has 0 radical (unpaired) electrons. The van der Waals surface area contributed by atoms with Crippen LogP contribution in [0.2, 0.25) is 0 Å². The van der Waals surface area contributed by atoms with E-state index in [4.69, 9.17) is 5.26 Å². The van der Waals surface area contributed by atoms with Gasteiger partial charge in [-0.25, -0.2) is 0 Å². The highest BCUT2D eigenvalue weighted by atomic mass is 16.3. The molecule has 0 unspecified atom stereocenters. The first-order valence-electron chi connectivity index (χ1n) is 4.76. The fourth-order valence-electron chi connectivity index (χ4n) is 1.41. The molecule has 1 rings (SSSR count). The number of nitroso groups, excluding NO2 is 1. The summed E-state index contributed by atoms with van der Waals surface area (Å²) in [5.41, 5.74) is 1.45. The Labute approximate surface area is 88.9 Å². The van der Waals surface area contributed by atoms with Crippen molar-refractivity contribution in [2.75, 3.05) is 7.05 Å². The predicted octanol–water partition coefficient (Wildman–Crippen LogP) is 2.13. The Morgan fingerprint density at radius 1 is 1.60 bits per heavy atom. The lowest BCUT2D eigenvalue weighted by molar-refractivity contribution is 0.570. The van der Waals surface area contributed by atoms with Crippen LogP contribution in [0.25, 0.3) is 0 Å². The molecule has 0 saturated carbocycles. The highest BCUT2D eigenvalue weighted by Gasteiger charge is 2.06. The second kappa shape index (κ2) is 5.89. The molecule has 1 aromatic carbocycles. The van der Waals surface area contributed by atoms with E-state index in [9.17, 15) is 4.91 Å². The average molecular weight is 203 g/mol. The van der Waals surface area contributed by atoms with Gasteiger partial charge in [0.15, 0.2) is 0 Å². The predicted molar refractivity (Wildman–Crippen MR) is 58.7 cm³/mol. The maximum atomic E-state index is 10.3. The molecular formula is C11H13N3O. The van der Waals surface area contributed by atoms with Crippen LogP contribution in [0.1, 0.15) is 12.0 Å². The van der Waals surface area contributed by atoms with Crippen molar-refractivity contribution in [3.63, 3.8) is 0 Å². The molecule has 15 heavy (non-hydrogen) atoms. The molecule has 1 atom stereocenters. The Kier molecular flexibility index (Phi) is 4.45. The summed E-state index contributed by atoms with van der Waals surface area (Å²) in [7, 11) is 1.82. The molecule has 0 aliphatic rings. The van der Waals surface area contributed by atoms with E-state index < -0.39 is 0 Å². The summed E-state index contributed by atoms with van der Waals surface area (Å²) in [5, 5.41) is 14.5. The summed E-state index contributed by atoms with van der Waals surface area (Å²) in [6.07, 6.45) is 1.18. The third kappa shape index (κ3) is 3.49. The molecule has 78 valence electrons. The Morgan fingerprint density at radius 3 is 3.00 bits per heavy atom. The zero-order valence-electron chi connectivity index (χ0n) is 8.60. The van der Waals surface area contributed by atoms with Crippen LogP contribution >= 0.6 is 0 Å². The van der Waals surface area contributed by atoms with Crippen LogP contribution in [-0.4, -0.2) is 13.1 Å². The largest absolute Gasteiger partial charge is 0.316 e. The van der Waals surface area contributed by atoms with Crippen molar-refractivity contribution in [1.82, 2.24) is 5.32 Å². The number of hydrogen-bond donors (Lipinski definition) is 1. The molecule has 0 fully saturated rings. The normalized spacial score (nSPS) is 11.7. The third-order valence-electron chi connectivity index (χ3n) is 2.24. The first kappa shape index (κ1) is 11.3. The molecule has 0 aliphatic carbocycles. The number of nitriles is 1. The maximum Gasteiger partial charge on any atom is 0.108 e. The van der Waals surface area contributed by atoms with Gasteiger partial charge in [0.05, 0.1) is 12.5 Å². The van der Waals surface area contributed by atoms with E-state index in [1.165, 1.54) is 0 Å². The Balaban J connectivity index is 2.70. The summed E-state index contributed by atoms with van der Waals surface area (Å²) in [6, 6.07) is 9.37. The molecule has 4 heteroatoms.